The number of pyridine rings is 1. The average Bonchev–Trinajstić information content (AvgIpc) is 2.31. The van der Waals surface area contributed by atoms with Crippen LogP contribution in [0.5, 0.6) is 0 Å². The minimum Gasteiger partial charge on any atom is -0.369 e. The molecule has 0 aliphatic heterocycles. The van der Waals surface area contributed by atoms with Crippen LogP contribution in [0, 0.1) is 0 Å². The van der Waals surface area contributed by atoms with Crippen molar-refractivity contribution in [3.05, 3.63) is 29.0 Å². The van der Waals surface area contributed by atoms with Gasteiger partial charge in [0.2, 0.25) is 5.91 Å². The second kappa shape index (κ2) is 4.63. The number of carbonyl (C=O) groups excluding carboxylic acids is 1. The summed E-state index contributed by atoms with van der Waals surface area (Å²) >= 11 is 6.15. The van der Waals surface area contributed by atoms with Crippen molar-refractivity contribution in [1.29, 1.82) is 0 Å². The van der Waals surface area contributed by atoms with Gasteiger partial charge in [-0.15, -0.1) is 0 Å². The van der Waals surface area contributed by atoms with Crippen molar-refractivity contribution in [2.75, 3.05) is 0 Å². The van der Waals surface area contributed by atoms with E-state index in [2.05, 4.69) is 4.98 Å². The number of aromatic nitrogens is 1. The Hall–Kier alpha value is -1.13. The van der Waals surface area contributed by atoms with Crippen molar-refractivity contribution in [2.24, 2.45) is 11.5 Å². The van der Waals surface area contributed by atoms with Gasteiger partial charge in [0.1, 0.15) is 0 Å². The molecule has 0 aromatic carbocycles. The first kappa shape index (κ1) is 12.3. The summed E-state index contributed by atoms with van der Waals surface area (Å²) in [6.45, 7) is 0. The topological polar surface area (TPSA) is 82.0 Å². The monoisotopic (exact) mass is 253 g/mol. The summed E-state index contributed by atoms with van der Waals surface area (Å²) in [6, 6.07) is 1.84. The Balaban J connectivity index is 2.42. The maximum Gasteiger partial charge on any atom is 0.228 e. The highest BCUT2D eigenvalue weighted by molar-refractivity contribution is 6.31. The fourth-order valence-electron chi connectivity index (χ4n) is 2.51. The zero-order valence-corrected chi connectivity index (χ0v) is 10.3. The lowest BCUT2D eigenvalue weighted by Crippen LogP contribution is -2.46. The number of nitrogens with two attached hydrogens (primary N) is 2. The first-order valence-electron chi connectivity index (χ1n) is 5.72. The van der Waals surface area contributed by atoms with Crippen LogP contribution in [-0.4, -0.2) is 16.9 Å². The van der Waals surface area contributed by atoms with Crippen LogP contribution in [0.1, 0.15) is 31.2 Å². The molecule has 4 N–H and O–H groups in total. The number of primary amides is 1. The molecule has 0 saturated heterocycles. The molecule has 2 rings (SSSR count). The van der Waals surface area contributed by atoms with E-state index in [0.29, 0.717) is 17.9 Å². The first-order chi connectivity index (χ1) is 8.06. The second-order valence-electron chi connectivity index (χ2n) is 4.64. The molecule has 1 fully saturated rings. The van der Waals surface area contributed by atoms with E-state index in [1.165, 1.54) is 0 Å². The molecule has 1 aliphatic carbocycles. The third-order valence-corrected chi connectivity index (χ3v) is 3.97. The molecule has 4 nitrogen and oxygen atoms in total. The molecule has 1 aromatic heterocycles. The lowest BCUT2D eigenvalue weighted by Gasteiger charge is -2.37. The van der Waals surface area contributed by atoms with Crippen LogP contribution in [0.2, 0.25) is 5.02 Å². The predicted octanol–water partition coefficient (Wildman–Crippen LogP) is 1.36. The Morgan fingerprint density at radius 3 is 2.65 bits per heavy atom. The van der Waals surface area contributed by atoms with Crippen LogP contribution in [0.25, 0.3) is 0 Å². The fourth-order valence-corrected chi connectivity index (χ4v) is 2.80. The van der Waals surface area contributed by atoms with E-state index >= 15 is 0 Å². The Morgan fingerprint density at radius 2 is 2.12 bits per heavy atom. The van der Waals surface area contributed by atoms with E-state index in [1.807, 2.05) is 0 Å². The molecule has 1 aromatic rings. The van der Waals surface area contributed by atoms with E-state index in [4.69, 9.17) is 23.1 Å². The van der Waals surface area contributed by atoms with Gasteiger partial charge in [-0.05, 0) is 31.7 Å². The van der Waals surface area contributed by atoms with E-state index < -0.39 is 5.41 Å². The lowest BCUT2D eigenvalue weighted by atomic mass is 9.68. The molecular formula is C12H16ClN3O. The number of rotatable bonds is 2. The summed E-state index contributed by atoms with van der Waals surface area (Å²) in [5.41, 5.74) is 11.5. The Morgan fingerprint density at radius 1 is 1.47 bits per heavy atom. The van der Waals surface area contributed by atoms with E-state index in [-0.39, 0.29) is 11.9 Å². The summed E-state index contributed by atoms with van der Waals surface area (Å²) in [7, 11) is 0. The SMILES string of the molecule is NC(=O)C1(c2cnccc2Cl)CCC(N)CC1. The first-order valence-corrected chi connectivity index (χ1v) is 6.09. The van der Waals surface area contributed by atoms with Crippen molar-refractivity contribution in [2.45, 2.75) is 37.1 Å². The van der Waals surface area contributed by atoms with Gasteiger partial charge in [-0.3, -0.25) is 9.78 Å². The molecule has 1 aliphatic rings. The highest BCUT2D eigenvalue weighted by atomic mass is 35.5. The molecule has 1 amide bonds. The number of halogens is 1. The normalized spacial score (nSPS) is 28.9. The van der Waals surface area contributed by atoms with Gasteiger partial charge < -0.3 is 11.5 Å². The summed E-state index contributed by atoms with van der Waals surface area (Å²) in [6.07, 6.45) is 6.12. The molecule has 0 unspecified atom stereocenters. The quantitative estimate of drug-likeness (QED) is 0.835. The molecule has 17 heavy (non-hydrogen) atoms. The van der Waals surface area contributed by atoms with Crippen LogP contribution in [-0.2, 0) is 10.2 Å². The van der Waals surface area contributed by atoms with Crippen LogP contribution in [0.15, 0.2) is 18.5 Å². The molecule has 1 saturated carbocycles. The molecule has 92 valence electrons. The molecule has 0 atom stereocenters. The van der Waals surface area contributed by atoms with Crippen LogP contribution in [0.3, 0.4) is 0 Å². The molecule has 0 radical (unpaired) electrons. The minimum absolute atomic E-state index is 0.151. The number of carbonyl (C=O) groups is 1. The number of amides is 1. The van der Waals surface area contributed by atoms with Gasteiger partial charge in [0, 0.05) is 29.0 Å². The van der Waals surface area contributed by atoms with Crippen LogP contribution in [0.4, 0.5) is 0 Å². The summed E-state index contributed by atoms with van der Waals surface area (Å²) in [4.78, 5) is 15.9. The van der Waals surface area contributed by atoms with Gasteiger partial charge in [0.15, 0.2) is 0 Å². The Kier molecular flexibility index (Phi) is 3.35. The zero-order chi connectivity index (χ0) is 12.5. The largest absolute Gasteiger partial charge is 0.369 e. The van der Waals surface area contributed by atoms with Crippen molar-refractivity contribution in [3.8, 4) is 0 Å². The van der Waals surface area contributed by atoms with Gasteiger partial charge in [-0.2, -0.15) is 0 Å². The molecular weight excluding hydrogens is 238 g/mol. The molecule has 5 heteroatoms. The summed E-state index contributed by atoms with van der Waals surface area (Å²) in [5, 5.41) is 0.550. The van der Waals surface area contributed by atoms with Crippen LogP contribution < -0.4 is 11.5 Å². The zero-order valence-electron chi connectivity index (χ0n) is 9.53. The van der Waals surface area contributed by atoms with Crippen molar-refractivity contribution in [1.82, 2.24) is 4.98 Å². The summed E-state index contributed by atoms with van der Waals surface area (Å²) < 4.78 is 0. The molecule has 1 heterocycles. The maximum atomic E-state index is 11.8. The predicted molar refractivity (Wildman–Crippen MR) is 66.6 cm³/mol. The number of nitrogens with zero attached hydrogens (tertiary/aromatic N) is 1. The van der Waals surface area contributed by atoms with Gasteiger partial charge >= 0.3 is 0 Å². The van der Waals surface area contributed by atoms with Gasteiger partial charge in [0.25, 0.3) is 0 Å². The second-order valence-corrected chi connectivity index (χ2v) is 5.05. The smallest absolute Gasteiger partial charge is 0.228 e. The lowest BCUT2D eigenvalue weighted by molar-refractivity contribution is -0.124. The fraction of sp³-hybridized carbons (Fsp3) is 0.500. The van der Waals surface area contributed by atoms with Crippen molar-refractivity contribution in [3.63, 3.8) is 0 Å². The van der Waals surface area contributed by atoms with E-state index in [9.17, 15) is 4.79 Å². The maximum absolute atomic E-state index is 11.8. The van der Waals surface area contributed by atoms with Crippen molar-refractivity contribution < 1.29 is 4.79 Å². The number of hydrogen-bond donors (Lipinski definition) is 2. The van der Waals surface area contributed by atoms with Crippen LogP contribution >= 0.6 is 11.6 Å². The molecule has 0 bridgehead atoms. The Labute approximate surface area is 105 Å². The van der Waals surface area contributed by atoms with E-state index in [1.54, 1.807) is 18.5 Å². The average molecular weight is 254 g/mol. The molecule has 0 spiro atoms. The van der Waals surface area contributed by atoms with Gasteiger partial charge in [0.05, 0.1) is 5.41 Å². The minimum atomic E-state index is -0.693. The number of hydrogen-bond acceptors (Lipinski definition) is 3. The highest BCUT2D eigenvalue weighted by Crippen LogP contribution is 2.41. The standard InChI is InChI=1S/C12H16ClN3O/c13-10-3-6-16-7-9(10)12(11(15)17)4-1-8(14)2-5-12/h3,6-8H,1-2,4-5,14H2,(H2,15,17). The third kappa shape index (κ3) is 2.15. The van der Waals surface area contributed by atoms with Crippen molar-refractivity contribution >= 4 is 17.5 Å². The highest BCUT2D eigenvalue weighted by Gasteiger charge is 2.42. The van der Waals surface area contributed by atoms with Gasteiger partial charge in [-0.25, -0.2) is 0 Å². The third-order valence-electron chi connectivity index (χ3n) is 3.64. The van der Waals surface area contributed by atoms with E-state index in [0.717, 1.165) is 18.4 Å². The Bertz CT molecular complexity index is 428. The summed E-state index contributed by atoms with van der Waals surface area (Å²) in [5.74, 6) is -0.334. The van der Waals surface area contributed by atoms with Gasteiger partial charge in [-0.1, -0.05) is 11.6 Å².